The van der Waals surface area contributed by atoms with Crippen LogP contribution in [0.25, 0.3) is 12.2 Å². The van der Waals surface area contributed by atoms with Crippen molar-refractivity contribution in [3.8, 4) is 0 Å². The van der Waals surface area contributed by atoms with Crippen LogP contribution in [0.1, 0.15) is 17.5 Å². The van der Waals surface area contributed by atoms with Crippen molar-refractivity contribution in [3.05, 3.63) is 68.4 Å². The normalized spacial score (nSPS) is 14.8. The van der Waals surface area contributed by atoms with Crippen molar-refractivity contribution < 1.29 is 0 Å². The van der Waals surface area contributed by atoms with Gasteiger partial charge in [0.2, 0.25) is 0 Å². The first kappa shape index (κ1) is 8.35. The van der Waals surface area contributed by atoms with Crippen LogP contribution in [0.15, 0.2) is 36.4 Å². The third-order valence-corrected chi connectivity index (χ3v) is 3.70. The summed E-state index contributed by atoms with van der Waals surface area (Å²) in [6.07, 6.45) is 7.12. The van der Waals surface area contributed by atoms with Crippen molar-refractivity contribution in [2.24, 2.45) is 0 Å². The molecule has 0 heterocycles. The first-order valence-electron chi connectivity index (χ1n) is 5.87. The van der Waals surface area contributed by atoms with Crippen LogP contribution >= 0.6 is 0 Å². The Labute approximate surface area is 93.9 Å². The number of rotatable bonds is 0. The zero-order valence-corrected chi connectivity index (χ0v) is 9.03. The van der Waals surface area contributed by atoms with Gasteiger partial charge in [-0.25, -0.2) is 0 Å². The first-order chi connectivity index (χ1) is 7.93. The summed E-state index contributed by atoms with van der Waals surface area (Å²) in [5.74, 6) is 0. The maximum atomic E-state index is 2.35. The number of hydrogen-bond donors (Lipinski definition) is 0. The average Bonchev–Trinajstić information content (AvgIpc) is 2.92. The summed E-state index contributed by atoms with van der Waals surface area (Å²) in [5, 5.41) is 5.64. The van der Waals surface area contributed by atoms with Crippen LogP contribution in [0.5, 0.6) is 0 Å². The highest BCUT2D eigenvalue weighted by molar-refractivity contribution is 5.61. The van der Waals surface area contributed by atoms with E-state index in [9.17, 15) is 0 Å². The minimum atomic E-state index is 1.20. The lowest BCUT2D eigenvalue weighted by Gasteiger charge is -2.00. The smallest absolute Gasteiger partial charge is 0.0102 e. The zero-order chi connectivity index (χ0) is 10.5. The molecule has 0 N–H and O–H groups in total. The molecule has 0 fully saturated rings. The molecule has 0 aliphatic heterocycles. The van der Waals surface area contributed by atoms with E-state index in [-0.39, 0.29) is 0 Å². The molecule has 0 saturated carbocycles. The number of hydrogen-bond acceptors (Lipinski definition) is 0. The van der Waals surface area contributed by atoms with Crippen molar-refractivity contribution in [3.63, 3.8) is 0 Å². The van der Waals surface area contributed by atoms with Crippen LogP contribution in [-0.4, -0.2) is 0 Å². The van der Waals surface area contributed by atoms with Crippen molar-refractivity contribution in [1.29, 1.82) is 0 Å². The van der Waals surface area contributed by atoms with Crippen LogP contribution in [0.3, 0.4) is 0 Å². The lowest BCUT2D eigenvalue weighted by atomic mass is 10.0. The molecular formula is C16H12. The van der Waals surface area contributed by atoms with Gasteiger partial charge in [-0.3, -0.25) is 0 Å². The van der Waals surface area contributed by atoms with Gasteiger partial charge in [-0.05, 0) is 50.9 Å². The van der Waals surface area contributed by atoms with E-state index in [1.165, 1.54) is 39.3 Å². The SMILES string of the molecule is C1=c2ccc3c(c2CC1)C=c1ccccc1=3. The molecule has 16 heavy (non-hydrogen) atoms. The van der Waals surface area contributed by atoms with Gasteiger partial charge in [-0.15, -0.1) is 0 Å². The van der Waals surface area contributed by atoms with Gasteiger partial charge in [0.05, 0.1) is 0 Å². The third-order valence-electron chi connectivity index (χ3n) is 3.70. The first-order valence-corrected chi connectivity index (χ1v) is 5.87. The van der Waals surface area contributed by atoms with Crippen molar-refractivity contribution in [2.75, 3.05) is 0 Å². The summed E-state index contributed by atoms with van der Waals surface area (Å²) in [7, 11) is 0. The average molecular weight is 204 g/mol. The molecule has 4 rings (SSSR count). The second-order valence-electron chi connectivity index (χ2n) is 4.57. The van der Waals surface area contributed by atoms with E-state index in [4.69, 9.17) is 0 Å². The van der Waals surface area contributed by atoms with Crippen molar-refractivity contribution >= 4 is 12.2 Å². The van der Waals surface area contributed by atoms with Gasteiger partial charge in [-0.1, -0.05) is 42.5 Å². The molecule has 0 saturated heterocycles. The van der Waals surface area contributed by atoms with Gasteiger partial charge in [-0.2, -0.15) is 0 Å². The van der Waals surface area contributed by atoms with E-state index in [1.807, 2.05) is 0 Å². The topological polar surface area (TPSA) is 0 Å². The minimum Gasteiger partial charge on any atom is -0.0766 e. The molecule has 0 unspecified atom stereocenters. The quantitative estimate of drug-likeness (QED) is 0.524. The molecule has 0 bridgehead atoms. The zero-order valence-electron chi connectivity index (χ0n) is 9.03. The Kier molecular flexibility index (Phi) is 1.49. The Hall–Kier alpha value is -1.82. The van der Waals surface area contributed by atoms with E-state index < -0.39 is 0 Å². The van der Waals surface area contributed by atoms with E-state index in [0.29, 0.717) is 0 Å². The fraction of sp³-hybridized carbons (Fsp3) is 0.125. The van der Waals surface area contributed by atoms with Gasteiger partial charge < -0.3 is 0 Å². The molecule has 2 aliphatic rings. The van der Waals surface area contributed by atoms with E-state index in [1.54, 1.807) is 5.56 Å². The van der Waals surface area contributed by atoms with Crippen LogP contribution in [0, 0.1) is 10.4 Å². The molecule has 0 heteroatoms. The molecule has 0 spiro atoms. The fourth-order valence-electron chi connectivity index (χ4n) is 2.95. The largest absolute Gasteiger partial charge is 0.0766 e. The van der Waals surface area contributed by atoms with Crippen molar-refractivity contribution in [1.82, 2.24) is 0 Å². The third kappa shape index (κ3) is 0.943. The van der Waals surface area contributed by atoms with Gasteiger partial charge in [0.1, 0.15) is 0 Å². The molecular weight excluding hydrogens is 192 g/mol. The second kappa shape index (κ2) is 2.85. The molecule has 0 aromatic heterocycles. The van der Waals surface area contributed by atoms with Crippen LogP contribution in [0.2, 0.25) is 0 Å². The Balaban J connectivity index is 2.31. The van der Waals surface area contributed by atoms with E-state index in [0.717, 1.165) is 0 Å². The lowest BCUT2D eigenvalue weighted by Crippen LogP contribution is -2.05. The molecule has 2 aliphatic carbocycles. The number of benzene rings is 2. The Morgan fingerprint density at radius 2 is 1.75 bits per heavy atom. The predicted octanol–water partition coefficient (Wildman–Crippen LogP) is 1.84. The summed E-state index contributed by atoms with van der Waals surface area (Å²) < 4.78 is 0. The monoisotopic (exact) mass is 204 g/mol. The maximum absolute atomic E-state index is 2.35. The standard InChI is InChI=1S/C16H12/c1-2-6-14-12(4-1)10-16-13-7-3-5-11(13)8-9-15(14)16/h1-2,4-6,8-10H,3,7H2. The summed E-state index contributed by atoms with van der Waals surface area (Å²) >= 11 is 0. The van der Waals surface area contributed by atoms with Gasteiger partial charge >= 0.3 is 0 Å². The molecule has 2 aromatic carbocycles. The molecule has 2 aromatic rings. The Morgan fingerprint density at radius 3 is 2.75 bits per heavy atom. The summed E-state index contributed by atoms with van der Waals surface area (Å²) in [5.41, 5.74) is 3.01. The Morgan fingerprint density at radius 1 is 0.812 bits per heavy atom. The molecule has 76 valence electrons. The van der Waals surface area contributed by atoms with Crippen LogP contribution < -0.4 is 10.4 Å². The molecule has 0 radical (unpaired) electrons. The lowest BCUT2D eigenvalue weighted by molar-refractivity contribution is 1.07. The highest BCUT2D eigenvalue weighted by Crippen LogP contribution is 2.17. The minimum absolute atomic E-state index is 1.20. The highest BCUT2D eigenvalue weighted by Gasteiger charge is 2.11. The van der Waals surface area contributed by atoms with Crippen LogP contribution in [0.4, 0.5) is 0 Å². The number of fused-ring (bicyclic) bond motifs is 4. The summed E-state index contributed by atoms with van der Waals surface area (Å²) in [6, 6.07) is 13.2. The van der Waals surface area contributed by atoms with Gasteiger partial charge in [0.15, 0.2) is 0 Å². The summed E-state index contributed by atoms with van der Waals surface area (Å²) in [4.78, 5) is 0. The predicted molar refractivity (Wildman–Crippen MR) is 66.2 cm³/mol. The molecule has 0 nitrogen and oxygen atoms in total. The second-order valence-corrected chi connectivity index (χ2v) is 4.57. The van der Waals surface area contributed by atoms with Gasteiger partial charge in [0, 0.05) is 0 Å². The van der Waals surface area contributed by atoms with E-state index >= 15 is 0 Å². The molecule has 0 atom stereocenters. The van der Waals surface area contributed by atoms with E-state index in [2.05, 4.69) is 48.6 Å². The summed E-state index contributed by atoms with van der Waals surface area (Å²) in [6.45, 7) is 0. The maximum Gasteiger partial charge on any atom is -0.0102 e. The highest BCUT2D eigenvalue weighted by atomic mass is 14.1. The fourth-order valence-corrected chi connectivity index (χ4v) is 2.95. The van der Waals surface area contributed by atoms with Crippen LogP contribution in [-0.2, 0) is 6.42 Å². The van der Waals surface area contributed by atoms with Crippen molar-refractivity contribution in [2.45, 2.75) is 12.8 Å². The van der Waals surface area contributed by atoms with Gasteiger partial charge in [0.25, 0.3) is 0 Å². The molecule has 0 amide bonds. The Bertz CT molecular complexity index is 795.